The zero-order valence-corrected chi connectivity index (χ0v) is 12.1. The summed E-state index contributed by atoms with van der Waals surface area (Å²) < 4.78 is 0. The topological polar surface area (TPSA) is 44.4 Å². The maximum atomic E-state index is 12.6. The van der Waals surface area contributed by atoms with Crippen molar-refractivity contribution in [3.63, 3.8) is 0 Å². The second-order valence-corrected chi connectivity index (χ2v) is 6.49. The van der Waals surface area contributed by atoms with Crippen LogP contribution in [0.2, 0.25) is 0 Å². The molecule has 3 aliphatic heterocycles. The van der Waals surface area contributed by atoms with E-state index in [2.05, 4.69) is 22.5 Å². The Labute approximate surface area is 116 Å². The average molecular weight is 265 g/mol. The van der Waals surface area contributed by atoms with Gasteiger partial charge in [0.05, 0.1) is 5.54 Å². The van der Waals surface area contributed by atoms with Crippen LogP contribution in [-0.2, 0) is 4.79 Å². The summed E-state index contributed by atoms with van der Waals surface area (Å²) >= 11 is 0. The van der Waals surface area contributed by atoms with Crippen LogP contribution < -0.4 is 10.6 Å². The predicted octanol–water partition coefficient (Wildman–Crippen LogP) is 1.26. The highest BCUT2D eigenvalue weighted by Crippen LogP contribution is 2.28. The van der Waals surface area contributed by atoms with Gasteiger partial charge in [-0.1, -0.05) is 6.92 Å². The van der Waals surface area contributed by atoms with Gasteiger partial charge in [-0.05, 0) is 58.0 Å². The SMILES string of the molecule is CC[C@]1(C(=O)N[C@@H]2CCN3CCC[C@H]3C2)CCCN1. The van der Waals surface area contributed by atoms with Crippen molar-refractivity contribution in [3.8, 4) is 0 Å². The molecule has 0 aromatic rings. The van der Waals surface area contributed by atoms with E-state index >= 15 is 0 Å². The van der Waals surface area contributed by atoms with Crippen LogP contribution >= 0.6 is 0 Å². The normalized spacial score (nSPS) is 39.2. The second kappa shape index (κ2) is 5.41. The summed E-state index contributed by atoms with van der Waals surface area (Å²) in [7, 11) is 0. The molecule has 0 spiro atoms. The van der Waals surface area contributed by atoms with E-state index in [1.54, 1.807) is 0 Å². The Kier molecular flexibility index (Phi) is 3.81. The molecule has 0 aromatic carbocycles. The first-order valence-corrected chi connectivity index (χ1v) is 8.03. The zero-order valence-electron chi connectivity index (χ0n) is 12.1. The first-order chi connectivity index (χ1) is 9.23. The molecule has 3 fully saturated rings. The van der Waals surface area contributed by atoms with Gasteiger partial charge < -0.3 is 15.5 Å². The van der Waals surface area contributed by atoms with Crippen LogP contribution in [0.1, 0.15) is 51.9 Å². The molecule has 0 aromatic heterocycles. The molecule has 2 N–H and O–H groups in total. The zero-order chi connectivity index (χ0) is 13.3. The minimum atomic E-state index is -0.271. The summed E-state index contributed by atoms with van der Waals surface area (Å²) in [6, 6.07) is 1.13. The van der Waals surface area contributed by atoms with Crippen molar-refractivity contribution in [1.82, 2.24) is 15.5 Å². The van der Waals surface area contributed by atoms with Gasteiger partial charge >= 0.3 is 0 Å². The third-order valence-corrected chi connectivity index (χ3v) is 5.44. The van der Waals surface area contributed by atoms with Crippen molar-refractivity contribution in [2.75, 3.05) is 19.6 Å². The molecule has 0 saturated carbocycles. The molecule has 0 unspecified atom stereocenters. The van der Waals surface area contributed by atoms with Gasteiger partial charge in [0.2, 0.25) is 5.91 Å². The van der Waals surface area contributed by atoms with Gasteiger partial charge in [-0.2, -0.15) is 0 Å². The Hall–Kier alpha value is -0.610. The monoisotopic (exact) mass is 265 g/mol. The van der Waals surface area contributed by atoms with Crippen LogP contribution in [0.5, 0.6) is 0 Å². The minimum absolute atomic E-state index is 0.254. The predicted molar refractivity (Wildman–Crippen MR) is 76.0 cm³/mol. The number of hydrogen-bond acceptors (Lipinski definition) is 3. The Morgan fingerprint density at radius 3 is 3.00 bits per heavy atom. The van der Waals surface area contributed by atoms with Crippen LogP contribution in [0.4, 0.5) is 0 Å². The number of nitrogens with one attached hydrogen (secondary N) is 2. The van der Waals surface area contributed by atoms with Crippen molar-refractivity contribution in [2.45, 2.75) is 69.5 Å². The van der Waals surface area contributed by atoms with E-state index in [1.165, 1.54) is 25.9 Å². The van der Waals surface area contributed by atoms with Crippen molar-refractivity contribution in [3.05, 3.63) is 0 Å². The third-order valence-electron chi connectivity index (χ3n) is 5.44. The van der Waals surface area contributed by atoms with Gasteiger partial charge in [-0.3, -0.25) is 4.79 Å². The van der Waals surface area contributed by atoms with Crippen LogP contribution in [0.25, 0.3) is 0 Å². The van der Waals surface area contributed by atoms with Crippen molar-refractivity contribution >= 4 is 5.91 Å². The number of carbonyl (C=O) groups is 1. The molecule has 4 nitrogen and oxygen atoms in total. The first-order valence-electron chi connectivity index (χ1n) is 8.03. The lowest BCUT2D eigenvalue weighted by Gasteiger charge is -2.37. The number of hydrogen-bond donors (Lipinski definition) is 2. The number of rotatable bonds is 3. The summed E-state index contributed by atoms with van der Waals surface area (Å²) in [5.41, 5.74) is -0.271. The molecule has 3 saturated heterocycles. The standard InChI is InChI=1S/C15H27N3O/c1-2-15(7-4-8-16-15)14(19)17-12-6-10-18-9-3-5-13(18)11-12/h12-13,16H,2-11H2,1H3,(H,17,19)/t12-,13+,15-/m1/s1. The molecule has 0 aliphatic carbocycles. The van der Waals surface area contributed by atoms with E-state index in [4.69, 9.17) is 0 Å². The summed E-state index contributed by atoms with van der Waals surface area (Å²) in [4.78, 5) is 15.2. The molecule has 3 rings (SSSR count). The van der Waals surface area contributed by atoms with Gasteiger partial charge in [-0.15, -0.1) is 0 Å². The lowest BCUT2D eigenvalue weighted by molar-refractivity contribution is -0.128. The number of carbonyl (C=O) groups excluding carboxylic acids is 1. The van der Waals surface area contributed by atoms with E-state index in [0.29, 0.717) is 6.04 Å². The second-order valence-electron chi connectivity index (χ2n) is 6.49. The molecule has 1 amide bonds. The maximum absolute atomic E-state index is 12.6. The average Bonchev–Trinajstić information content (AvgIpc) is 3.07. The van der Waals surface area contributed by atoms with Gasteiger partial charge in [0.15, 0.2) is 0 Å². The summed E-state index contributed by atoms with van der Waals surface area (Å²) in [6.07, 6.45) is 7.98. The maximum Gasteiger partial charge on any atom is 0.240 e. The van der Waals surface area contributed by atoms with Crippen molar-refractivity contribution in [2.24, 2.45) is 0 Å². The Balaban J connectivity index is 1.57. The van der Waals surface area contributed by atoms with E-state index in [-0.39, 0.29) is 11.4 Å². The number of piperidine rings is 1. The highest BCUT2D eigenvalue weighted by Gasteiger charge is 2.41. The third kappa shape index (κ3) is 2.52. The quantitative estimate of drug-likeness (QED) is 0.807. The molecule has 3 heterocycles. The summed E-state index contributed by atoms with van der Waals surface area (Å²) in [6.45, 7) is 5.55. The Morgan fingerprint density at radius 1 is 1.37 bits per heavy atom. The number of fused-ring (bicyclic) bond motifs is 1. The van der Waals surface area contributed by atoms with Gasteiger partial charge in [-0.25, -0.2) is 0 Å². The summed E-state index contributed by atoms with van der Waals surface area (Å²) in [5.74, 6) is 0.254. The molecular formula is C15H27N3O. The van der Waals surface area contributed by atoms with Gasteiger partial charge in [0.1, 0.15) is 0 Å². The van der Waals surface area contributed by atoms with Gasteiger partial charge in [0.25, 0.3) is 0 Å². The molecule has 108 valence electrons. The molecular weight excluding hydrogens is 238 g/mol. The van der Waals surface area contributed by atoms with Crippen LogP contribution in [0, 0.1) is 0 Å². The van der Waals surface area contributed by atoms with Crippen LogP contribution in [0.15, 0.2) is 0 Å². The largest absolute Gasteiger partial charge is 0.352 e. The molecule has 0 radical (unpaired) electrons. The fourth-order valence-corrected chi connectivity index (χ4v) is 4.14. The van der Waals surface area contributed by atoms with Crippen molar-refractivity contribution < 1.29 is 4.79 Å². The molecule has 3 atom stereocenters. The van der Waals surface area contributed by atoms with E-state index in [9.17, 15) is 4.79 Å². The smallest absolute Gasteiger partial charge is 0.240 e. The van der Waals surface area contributed by atoms with Crippen LogP contribution in [0.3, 0.4) is 0 Å². The highest BCUT2D eigenvalue weighted by molar-refractivity contribution is 5.86. The fourth-order valence-electron chi connectivity index (χ4n) is 4.14. The lowest BCUT2D eigenvalue weighted by atomic mass is 9.91. The molecule has 3 aliphatic rings. The van der Waals surface area contributed by atoms with Gasteiger partial charge in [0, 0.05) is 18.6 Å². The van der Waals surface area contributed by atoms with E-state index in [0.717, 1.165) is 44.7 Å². The Bertz CT molecular complexity index is 338. The van der Waals surface area contributed by atoms with Crippen LogP contribution in [-0.4, -0.2) is 48.1 Å². The summed E-state index contributed by atoms with van der Waals surface area (Å²) in [5, 5.41) is 6.77. The minimum Gasteiger partial charge on any atom is -0.352 e. The lowest BCUT2D eigenvalue weighted by Crippen LogP contribution is -2.57. The molecule has 4 heteroatoms. The number of amides is 1. The molecule has 0 bridgehead atoms. The first kappa shape index (κ1) is 13.4. The Morgan fingerprint density at radius 2 is 2.26 bits per heavy atom. The highest BCUT2D eigenvalue weighted by atomic mass is 16.2. The van der Waals surface area contributed by atoms with Crippen molar-refractivity contribution in [1.29, 1.82) is 0 Å². The number of nitrogens with zero attached hydrogens (tertiary/aromatic N) is 1. The van der Waals surface area contributed by atoms with E-state index < -0.39 is 0 Å². The van der Waals surface area contributed by atoms with E-state index in [1.807, 2.05) is 0 Å². The fraction of sp³-hybridized carbons (Fsp3) is 0.933. The molecule has 19 heavy (non-hydrogen) atoms.